The lowest BCUT2D eigenvalue weighted by atomic mass is 9.98. The van der Waals surface area contributed by atoms with E-state index in [-0.39, 0.29) is 5.60 Å². The van der Waals surface area contributed by atoms with Crippen molar-refractivity contribution in [2.75, 3.05) is 6.61 Å². The number of aliphatic hydroxyl groups excluding tert-OH is 1. The summed E-state index contributed by atoms with van der Waals surface area (Å²) in [6, 6.07) is 0. The quantitative estimate of drug-likeness (QED) is 0.834. The smallest absolute Gasteiger partial charge is 0.125 e. The Kier molecular flexibility index (Phi) is 4.89. The Morgan fingerprint density at radius 2 is 2.06 bits per heavy atom. The van der Waals surface area contributed by atoms with E-state index in [1.165, 1.54) is 0 Å². The second-order valence-corrected chi connectivity index (χ2v) is 4.75. The predicted octanol–water partition coefficient (Wildman–Crippen LogP) is 3.25. The molecular formula is C12H21NO2S. The van der Waals surface area contributed by atoms with E-state index in [0.717, 1.165) is 23.5 Å². The Hall–Kier alpha value is -0.450. The summed E-state index contributed by atoms with van der Waals surface area (Å²) in [5.74, 6) is 0. The Bertz CT molecular complexity index is 319. The van der Waals surface area contributed by atoms with Gasteiger partial charge in [0.2, 0.25) is 0 Å². The highest BCUT2D eigenvalue weighted by atomic mass is 32.1. The van der Waals surface area contributed by atoms with Crippen molar-refractivity contribution in [3.63, 3.8) is 0 Å². The molecule has 0 aliphatic heterocycles. The number of aliphatic hydroxyl groups is 1. The molecule has 0 radical (unpaired) electrons. The molecule has 0 bridgehead atoms. The van der Waals surface area contributed by atoms with Crippen LogP contribution < -0.4 is 0 Å². The zero-order chi connectivity index (χ0) is 12.2. The summed E-state index contributed by atoms with van der Waals surface area (Å²) in [4.78, 5) is 4.49. The molecule has 1 heterocycles. The monoisotopic (exact) mass is 243 g/mol. The van der Waals surface area contributed by atoms with Gasteiger partial charge in [-0.05, 0) is 26.7 Å². The van der Waals surface area contributed by atoms with Crippen LogP contribution in [0.1, 0.15) is 57.3 Å². The molecule has 0 aromatic carbocycles. The minimum Gasteiger partial charge on any atom is -0.387 e. The van der Waals surface area contributed by atoms with Crippen molar-refractivity contribution in [2.45, 2.75) is 52.2 Å². The highest BCUT2D eigenvalue weighted by molar-refractivity contribution is 7.09. The molecule has 1 N–H and O–H groups in total. The topological polar surface area (TPSA) is 42.4 Å². The van der Waals surface area contributed by atoms with Crippen LogP contribution in [-0.4, -0.2) is 16.7 Å². The SMILES string of the molecule is CCOC(CC)(CC)c1nc(C(C)O)cs1. The van der Waals surface area contributed by atoms with Crippen LogP contribution in [0, 0.1) is 0 Å². The Morgan fingerprint density at radius 1 is 1.44 bits per heavy atom. The average Bonchev–Trinajstić information content (AvgIpc) is 2.76. The molecule has 0 saturated carbocycles. The van der Waals surface area contributed by atoms with Crippen LogP contribution in [0.5, 0.6) is 0 Å². The number of aromatic nitrogens is 1. The van der Waals surface area contributed by atoms with E-state index < -0.39 is 6.10 Å². The van der Waals surface area contributed by atoms with Crippen LogP contribution in [0.3, 0.4) is 0 Å². The summed E-state index contributed by atoms with van der Waals surface area (Å²) in [6.45, 7) is 8.65. The third-order valence-electron chi connectivity index (χ3n) is 2.90. The minimum absolute atomic E-state index is 0.271. The summed E-state index contributed by atoms with van der Waals surface area (Å²) in [7, 11) is 0. The maximum absolute atomic E-state index is 9.48. The molecule has 0 aliphatic carbocycles. The van der Waals surface area contributed by atoms with Gasteiger partial charge in [-0.15, -0.1) is 11.3 Å². The number of hydrogen-bond donors (Lipinski definition) is 1. The molecule has 1 rings (SSSR count). The largest absolute Gasteiger partial charge is 0.387 e. The lowest BCUT2D eigenvalue weighted by molar-refractivity contribution is -0.0508. The number of hydrogen-bond acceptors (Lipinski definition) is 4. The molecule has 1 unspecified atom stereocenters. The van der Waals surface area contributed by atoms with E-state index in [9.17, 15) is 5.11 Å². The number of ether oxygens (including phenoxy) is 1. The van der Waals surface area contributed by atoms with E-state index in [2.05, 4.69) is 18.8 Å². The van der Waals surface area contributed by atoms with Crippen molar-refractivity contribution in [1.82, 2.24) is 4.98 Å². The van der Waals surface area contributed by atoms with Gasteiger partial charge in [0.1, 0.15) is 10.6 Å². The molecule has 0 aliphatic rings. The van der Waals surface area contributed by atoms with Crippen molar-refractivity contribution in [1.29, 1.82) is 0 Å². The van der Waals surface area contributed by atoms with Gasteiger partial charge in [0.15, 0.2) is 0 Å². The van der Waals surface area contributed by atoms with Gasteiger partial charge in [-0.2, -0.15) is 0 Å². The van der Waals surface area contributed by atoms with E-state index in [4.69, 9.17) is 4.74 Å². The first kappa shape index (κ1) is 13.6. The molecule has 4 heteroatoms. The van der Waals surface area contributed by atoms with Crippen LogP contribution in [0.15, 0.2) is 5.38 Å². The summed E-state index contributed by atoms with van der Waals surface area (Å²) in [5, 5.41) is 12.4. The van der Waals surface area contributed by atoms with Gasteiger partial charge in [0, 0.05) is 12.0 Å². The van der Waals surface area contributed by atoms with Gasteiger partial charge in [0.05, 0.1) is 11.8 Å². The fourth-order valence-corrected chi connectivity index (χ4v) is 2.98. The fraction of sp³-hybridized carbons (Fsp3) is 0.750. The minimum atomic E-state index is -0.502. The summed E-state index contributed by atoms with van der Waals surface area (Å²) < 4.78 is 5.87. The van der Waals surface area contributed by atoms with Gasteiger partial charge in [0.25, 0.3) is 0 Å². The molecule has 3 nitrogen and oxygen atoms in total. The highest BCUT2D eigenvalue weighted by Crippen LogP contribution is 2.35. The summed E-state index contributed by atoms with van der Waals surface area (Å²) >= 11 is 1.58. The van der Waals surface area contributed by atoms with Crippen molar-refractivity contribution in [3.8, 4) is 0 Å². The second-order valence-electron chi connectivity index (χ2n) is 3.89. The lowest BCUT2D eigenvalue weighted by Crippen LogP contribution is -2.28. The standard InChI is InChI=1S/C12H21NO2S/c1-5-12(6-2,15-7-3)11-13-10(8-16-11)9(4)14/h8-9,14H,5-7H2,1-4H3. The first-order valence-electron chi connectivity index (χ1n) is 5.87. The predicted molar refractivity (Wildman–Crippen MR) is 66.6 cm³/mol. The zero-order valence-electron chi connectivity index (χ0n) is 10.5. The van der Waals surface area contributed by atoms with Gasteiger partial charge < -0.3 is 9.84 Å². The van der Waals surface area contributed by atoms with Crippen LogP contribution >= 0.6 is 11.3 Å². The van der Waals surface area contributed by atoms with Crippen molar-refractivity contribution < 1.29 is 9.84 Å². The third-order valence-corrected chi connectivity index (χ3v) is 3.95. The van der Waals surface area contributed by atoms with E-state index in [1.54, 1.807) is 18.3 Å². The van der Waals surface area contributed by atoms with Gasteiger partial charge in [-0.25, -0.2) is 4.98 Å². The molecule has 1 aromatic rings. The normalized spacial score (nSPS) is 14.1. The second kappa shape index (κ2) is 5.75. The highest BCUT2D eigenvalue weighted by Gasteiger charge is 2.32. The first-order valence-corrected chi connectivity index (χ1v) is 6.75. The zero-order valence-corrected chi connectivity index (χ0v) is 11.3. The molecule has 16 heavy (non-hydrogen) atoms. The van der Waals surface area contributed by atoms with Crippen molar-refractivity contribution in [2.24, 2.45) is 0 Å². The fourth-order valence-electron chi connectivity index (χ4n) is 1.78. The van der Waals surface area contributed by atoms with Crippen LogP contribution in [0.25, 0.3) is 0 Å². The van der Waals surface area contributed by atoms with E-state index in [0.29, 0.717) is 6.61 Å². The van der Waals surface area contributed by atoms with Gasteiger partial charge >= 0.3 is 0 Å². The molecule has 0 saturated heterocycles. The maximum Gasteiger partial charge on any atom is 0.125 e. The summed E-state index contributed by atoms with van der Waals surface area (Å²) in [6.07, 6.45) is 1.31. The number of thiazole rings is 1. The van der Waals surface area contributed by atoms with Gasteiger partial charge in [-0.1, -0.05) is 13.8 Å². The molecule has 0 fully saturated rings. The lowest BCUT2D eigenvalue weighted by Gasteiger charge is -2.29. The van der Waals surface area contributed by atoms with Crippen LogP contribution in [0.4, 0.5) is 0 Å². The Morgan fingerprint density at radius 3 is 2.44 bits per heavy atom. The maximum atomic E-state index is 9.48. The Balaban J connectivity index is 3.00. The van der Waals surface area contributed by atoms with Crippen LogP contribution in [-0.2, 0) is 10.3 Å². The molecule has 0 amide bonds. The van der Waals surface area contributed by atoms with E-state index >= 15 is 0 Å². The van der Waals surface area contributed by atoms with E-state index in [1.807, 2.05) is 12.3 Å². The van der Waals surface area contributed by atoms with Crippen LogP contribution in [0.2, 0.25) is 0 Å². The summed E-state index contributed by atoms with van der Waals surface area (Å²) in [5.41, 5.74) is 0.470. The number of nitrogens with zero attached hydrogens (tertiary/aromatic N) is 1. The first-order chi connectivity index (χ1) is 7.59. The molecule has 1 atom stereocenters. The third kappa shape index (κ3) is 2.62. The molecular weight excluding hydrogens is 222 g/mol. The number of rotatable bonds is 6. The molecule has 0 spiro atoms. The average molecular weight is 243 g/mol. The Labute approximate surface area is 101 Å². The van der Waals surface area contributed by atoms with Crippen molar-refractivity contribution in [3.05, 3.63) is 16.1 Å². The molecule has 1 aromatic heterocycles. The van der Waals surface area contributed by atoms with Crippen molar-refractivity contribution >= 4 is 11.3 Å². The molecule has 92 valence electrons. The van der Waals surface area contributed by atoms with Gasteiger partial charge in [-0.3, -0.25) is 0 Å².